The van der Waals surface area contributed by atoms with Gasteiger partial charge in [0.05, 0.1) is 6.20 Å². The maximum Gasteiger partial charge on any atom is 0.137 e. The minimum absolute atomic E-state index is 0.421. The number of hydrogen-bond donors (Lipinski definition) is 2. The fourth-order valence-corrected chi connectivity index (χ4v) is 1.72. The number of nitrogens with one attached hydrogen (secondary N) is 2. The predicted octanol–water partition coefficient (Wildman–Crippen LogP) is 1.30. The van der Waals surface area contributed by atoms with E-state index in [2.05, 4.69) is 45.6 Å². The number of aryl methyl sites for hydroxylation is 1. The molecule has 2 N–H and O–H groups in total. The molecule has 0 atom stereocenters. The van der Waals surface area contributed by atoms with E-state index in [1.807, 2.05) is 10.9 Å². The second-order valence-electron chi connectivity index (χ2n) is 4.63. The summed E-state index contributed by atoms with van der Waals surface area (Å²) in [7, 11) is 0. The van der Waals surface area contributed by atoms with Crippen LogP contribution >= 0.6 is 0 Å². The molecule has 2 aromatic rings. The van der Waals surface area contributed by atoms with Crippen molar-refractivity contribution in [3.63, 3.8) is 0 Å². The predicted molar refractivity (Wildman–Crippen MR) is 69.0 cm³/mol. The van der Waals surface area contributed by atoms with Crippen molar-refractivity contribution in [2.24, 2.45) is 0 Å². The fourth-order valence-electron chi connectivity index (χ4n) is 1.72. The third-order valence-electron chi connectivity index (χ3n) is 2.75. The van der Waals surface area contributed by atoms with E-state index in [-0.39, 0.29) is 0 Å². The van der Waals surface area contributed by atoms with Crippen LogP contribution in [0.5, 0.6) is 0 Å². The summed E-state index contributed by atoms with van der Waals surface area (Å²) in [6.45, 7) is 6.08. The number of aromatic nitrogens is 5. The molecule has 0 amide bonds. The van der Waals surface area contributed by atoms with Gasteiger partial charge in [-0.25, -0.2) is 4.98 Å². The van der Waals surface area contributed by atoms with E-state index >= 15 is 0 Å². The molecule has 0 aliphatic rings. The molecule has 6 heteroatoms. The molecule has 0 radical (unpaired) electrons. The molecule has 0 bridgehead atoms. The summed E-state index contributed by atoms with van der Waals surface area (Å²) >= 11 is 0. The molecule has 18 heavy (non-hydrogen) atoms. The molecule has 0 saturated carbocycles. The monoisotopic (exact) mass is 248 g/mol. The van der Waals surface area contributed by atoms with Gasteiger partial charge in [0.1, 0.15) is 12.2 Å². The largest absolute Gasteiger partial charge is 0.313 e. The standard InChI is InChI=1S/C12H20N6/c1-10(2)18-8-11(7-16-18)6-13-5-3-4-12-14-9-15-17-12/h7-10,13H,3-6H2,1-2H3,(H,14,15,17). The SMILES string of the molecule is CC(C)n1cc(CNCCCc2ncn[nH]2)cn1. The maximum atomic E-state index is 4.31. The number of nitrogens with zero attached hydrogens (tertiary/aromatic N) is 4. The second-order valence-corrected chi connectivity index (χ2v) is 4.63. The van der Waals surface area contributed by atoms with Crippen LogP contribution < -0.4 is 5.32 Å². The van der Waals surface area contributed by atoms with Gasteiger partial charge < -0.3 is 5.32 Å². The lowest BCUT2D eigenvalue weighted by atomic mass is 10.3. The molecule has 2 aromatic heterocycles. The minimum Gasteiger partial charge on any atom is -0.313 e. The van der Waals surface area contributed by atoms with Crippen molar-refractivity contribution in [1.29, 1.82) is 0 Å². The van der Waals surface area contributed by atoms with Crippen molar-refractivity contribution < 1.29 is 0 Å². The summed E-state index contributed by atoms with van der Waals surface area (Å²) in [5, 5.41) is 14.4. The van der Waals surface area contributed by atoms with E-state index in [1.165, 1.54) is 5.56 Å². The van der Waals surface area contributed by atoms with Crippen LogP contribution in [0.4, 0.5) is 0 Å². The summed E-state index contributed by atoms with van der Waals surface area (Å²) < 4.78 is 1.98. The third kappa shape index (κ3) is 3.66. The van der Waals surface area contributed by atoms with Crippen molar-refractivity contribution in [2.75, 3.05) is 6.54 Å². The molecule has 0 aliphatic heterocycles. The third-order valence-corrected chi connectivity index (χ3v) is 2.75. The molecular formula is C12H20N6. The van der Waals surface area contributed by atoms with Crippen LogP contribution in [0.1, 0.15) is 37.7 Å². The average Bonchev–Trinajstić information content (AvgIpc) is 2.98. The molecule has 98 valence electrons. The first-order valence-corrected chi connectivity index (χ1v) is 6.33. The number of aromatic amines is 1. The zero-order valence-corrected chi connectivity index (χ0v) is 10.9. The lowest BCUT2D eigenvalue weighted by Crippen LogP contribution is -2.15. The highest BCUT2D eigenvalue weighted by atomic mass is 15.3. The first kappa shape index (κ1) is 12.8. The fraction of sp³-hybridized carbons (Fsp3) is 0.583. The molecule has 0 unspecified atom stereocenters. The van der Waals surface area contributed by atoms with Gasteiger partial charge in [-0.3, -0.25) is 9.78 Å². The molecule has 0 saturated heterocycles. The smallest absolute Gasteiger partial charge is 0.137 e. The van der Waals surface area contributed by atoms with Gasteiger partial charge in [-0.15, -0.1) is 0 Å². The van der Waals surface area contributed by atoms with Gasteiger partial charge in [0.25, 0.3) is 0 Å². The maximum absolute atomic E-state index is 4.31. The zero-order valence-electron chi connectivity index (χ0n) is 10.9. The van der Waals surface area contributed by atoms with Crippen LogP contribution in [0.3, 0.4) is 0 Å². The Morgan fingerprint density at radius 3 is 3.00 bits per heavy atom. The summed E-state index contributed by atoms with van der Waals surface area (Å²) in [6.07, 6.45) is 7.53. The normalized spacial score (nSPS) is 11.3. The van der Waals surface area contributed by atoms with E-state index in [1.54, 1.807) is 6.33 Å². The minimum atomic E-state index is 0.421. The van der Waals surface area contributed by atoms with Crippen LogP contribution in [-0.4, -0.2) is 31.5 Å². The first-order valence-electron chi connectivity index (χ1n) is 6.33. The van der Waals surface area contributed by atoms with Crippen molar-refractivity contribution in [1.82, 2.24) is 30.3 Å². The van der Waals surface area contributed by atoms with Gasteiger partial charge in [-0.05, 0) is 26.8 Å². The zero-order chi connectivity index (χ0) is 12.8. The van der Waals surface area contributed by atoms with Crippen LogP contribution in [0, 0.1) is 0 Å². The van der Waals surface area contributed by atoms with Crippen LogP contribution in [0.15, 0.2) is 18.7 Å². The summed E-state index contributed by atoms with van der Waals surface area (Å²) in [6, 6.07) is 0.421. The number of hydrogen-bond acceptors (Lipinski definition) is 4. The van der Waals surface area contributed by atoms with Gasteiger partial charge in [0.15, 0.2) is 0 Å². The van der Waals surface area contributed by atoms with Crippen molar-refractivity contribution in [3.05, 3.63) is 30.1 Å². The molecule has 6 nitrogen and oxygen atoms in total. The molecular weight excluding hydrogens is 228 g/mol. The van der Waals surface area contributed by atoms with Gasteiger partial charge in [-0.2, -0.15) is 10.2 Å². The van der Waals surface area contributed by atoms with Crippen LogP contribution in [0.2, 0.25) is 0 Å². The highest BCUT2D eigenvalue weighted by molar-refractivity contribution is 5.03. The summed E-state index contributed by atoms with van der Waals surface area (Å²) in [4.78, 5) is 4.09. The lowest BCUT2D eigenvalue weighted by molar-refractivity contribution is 0.531. The molecule has 0 aliphatic carbocycles. The topological polar surface area (TPSA) is 71.4 Å². The van der Waals surface area contributed by atoms with E-state index in [0.717, 1.165) is 31.8 Å². The first-order chi connectivity index (χ1) is 8.75. The van der Waals surface area contributed by atoms with Crippen LogP contribution in [0.25, 0.3) is 0 Å². The highest BCUT2D eigenvalue weighted by Gasteiger charge is 2.01. The Kier molecular flexibility index (Phi) is 4.46. The Hall–Kier alpha value is -1.69. The lowest BCUT2D eigenvalue weighted by Gasteiger charge is -2.04. The molecule has 2 rings (SSSR count). The van der Waals surface area contributed by atoms with Gasteiger partial charge in [-0.1, -0.05) is 0 Å². The van der Waals surface area contributed by atoms with E-state index < -0.39 is 0 Å². The Labute approximate surface area is 107 Å². The quantitative estimate of drug-likeness (QED) is 0.725. The average molecular weight is 248 g/mol. The highest BCUT2D eigenvalue weighted by Crippen LogP contribution is 2.04. The van der Waals surface area contributed by atoms with E-state index in [0.29, 0.717) is 6.04 Å². The van der Waals surface area contributed by atoms with E-state index in [4.69, 9.17) is 0 Å². The van der Waals surface area contributed by atoms with Crippen molar-refractivity contribution >= 4 is 0 Å². The number of rotatable bonds is 7. The Morgan fingerprint density at radius 1 is 1.44 bits per heavy atom. The van der Waals surface area contributed by atoms with E-state index in [9.17, 15) is 0 Å². The summed E-state index contributed by atoms with van der Waals surface area (Å²) in [5.41, 5.74) is 1.23. The molecule has 0 fully saturated rings. The van der Waals surface area contributed by atoms with Gasteiger partial charge in [0, 0.05) is 30.8 Å². The molecule has 0 aromatic carbocycles. The Bertz CT molecular complexity index is 445. The second kappa shape index (κ2) is 6.30. The number of H-pyrrole nitrogens is 1. The van der Waals surface area contributed by atoms with Crippen molar-refractivity contribution in [2.45, 2.75) is 39.3 Å². The molecule has 0 spiro atoms. The van der Waals surface area contributed by atoms with Crippen LogP contribution in [-0.2, 0) is 13.0 Å². The summed E-state index contributed by atoms with van der Waals surface area (Å²) in [5.74, 6) is 0.949. The van der Waals surface area contributed by atoms with Gasteiger partial charge in [0.2, 0.25) is 0 Å². The van der Waals surface area contributed by atoms with Crippen molar-refractivity contribution in [3.8, 4) is 0 Å². The Balaban J connectivity index is 1.62. The molecule has 2 heterocycles. The Morgan fingerprint density at radius 2 is 2.33 bits per heavy atom. The van der Waals surface area contributed by atoms with Gasteiger partial charge >= 0.3 is 0 Å².